The van der Waals surface area contributed by atoms with Crippen LogP contribution in [0.2, 0.25) is 0 Å². The van der Waals surface area contributed by atoms with Gasteiger partial charge in [0.15, 0.2) is 5.78 Å². The zero-order valence-electron chi connectivity index (χ0n) is 13.6. The van der Waals surface area contributed by atoms with Gasteiger partial charge in [0.25, 0.3) is 0 Å². The van der Waals surface area contributed by atoms with E-state index in [1.165, 1.54) is 5.69 Å². The van der Waals surface area contributed by atoms with Gasteiger partial charge in [-0.3, -0.25) is 4.79 Å². The van der Waals surface area contributed by atoms with Gasteiger partial charge < -0.3 is 4.90 Å². The Bertz CT molecular complexity index is 404. The molecule has 0 fully saturated rings. The van der Waals surface area contributed by atoms with E-state index in [1.54, 1.807) is 0 Å². The Hall–Kier alpha value is -1.31. The number of anilines is 1. The third kappa shape index (κ3) is 4.36. The SMILES string of the molecule is CCC(=O)c1ccc(N(CC(C)C)C(CC)CC)cc1. The minimum Gasteiger partial charge on any atom is -0.368 e. The van der Waals surface area contributed by atoms with Crippen LogP contribution >= 0.6 is 0 Å². The Morgan fingerprint density at radius 3 is 2.00 bits per heavy atom. The van der Waals surface area contributed by atoms with E-state index in [9.17, 15) is 4.79 Å². The summed E-state index contributed by atoms with van der Waals surface area (Å²) in [4.78, 5) is 14.2. The molecular weight excluding hydrogens is 246 g/mol. The maximum atomic E-state index is 11.7. The van der Waals surface area contributed by atoms with E-state index in [0.717, 1.165) is 24.9 Å². The molecule has 0 aliphatic carbocycles. The van der Waals surface area contributed by atoms with Crippen LogP contribution in [-0.4, -0.2) is 18.4 Å². The largest absolute Gasteiger partial charge is 0.368 e. The van der Waals surface area contributed by atoms with Crippen LogP contribution in [0.5, 0.6) is 0 Å². The van der Waals surface area contributed by atoms with Crippen molar-refractivity contribution in [2.45, 2.75) is 59.9 Å². The van der Waals surface area contributed by atoms with E-state index in [1.807, 2.05) is 19.1 Å². The van der Waals surface area contributed by atoms with Crippen molar-refractivity contribution in [1.82, 2.24) is 0 Å². The van der Waals surface area contributed by atoms with Crippen LogP contribution in [0.25, 0.3) is 0 Å². The fraction of sp³-hybridized carbons (Fsp3) is 0.611. The first kappa shape index (κ1) is 16.7. The van der Waals surface area contributed by atoms with Crippen LogP contribution in [0.4, 0.5) is 5.69 Å². The number of carbonyl (C=O) groups excluding carboxylic acids is 1. The minimum absolute atomic E-state index is 0.217. The predicted molar refractivity (Wildman–Crippen MR) is 87.6 cm³/mol. The second kappa shape index (κ2) is 8.08. The summed E-state index contributed by atoms with van der Waals surface area (Å²) in [5, 5.41) is 0. The third-order valence-electron chi connectivity index (χ3n) is 3.79. The van der Waals surface area contributed by atoms with Crippen LogP contribution in [0.3, 0.4) is 0 Å². The lowest BCUT2D eigenvalue weighted by Gasteiger charge is -2.34. The van der Waals surface area contributed by atoms with Gasteiger partial charge in [-0.1, -0.05) is 34.6 Å². The molecule has 0 heterocycles. The molecule has 20 heavy (non-hydrogen) atoms. The fourth-order valence-corrected chi connectivity index (χ4v) is 2.63. The van der Waals surface area contributed by atoms with Gasteiger partial charge in [0.05, 0.1) is 0 Å². The lowest BCUT2D eigenvalue weighted by atomic mass is 10.0. The molecule has 0 atom stereocenters. The molecule has 0 aliphatic heterocycles. The number of carbonyl (C=O) groups is 1. The van der Waals surface area contributed by atoms with Gasteiger partial charge >= 0.3 is 0 Å². The zero-order valence-corrected chi connectivity index (χ0v) is 13.6. The van der Waals surface area contributed by atoms with Crippen molar-refractivity contribution in [3.8, 4) is 0 Å². The average Bonchev–Trinajstić information content (AvgIpc) is 2.46. The molecular formula is C18H29NO. The number of benzene rings is 1. The van der Waals surface area contributed by atoms with Crippen molar-refractivity contribution < 1.29 is 4.79 Å². The van der Waals surface area contributed by atoms with Crippen LogP contribution in [-0.2, 0) is 0 Å². The summed E-state index contributed by atoms with van der Waals surface area (Å²) < 4.78 is 0. The Labute approximate surface area is 124 Å². The Balaban J connectivity index is 2.98. The molecule has 1 aromatic carbocycles. The summed E-state index contributed by atoms with van der Waals surface area (Å²) in [6.07, 6.45) is 2.87. The summed E-state index contributed by atoms with van der Waals surface area (Å²) in [5.41, 5.74) is 2.06. The van der Waals surface area contributed by atoms with Crippen LogP contribution in [0.15, 0.2) is 24.3 Å². The van der Waals surface area contributed by atoms with Gasteiger partial charge in [0.2, 0.25) is 0 Å². The summed E-state index contributed by atoms with van der Waals surface area (Å²) in [5.74, 6) is 0.849. The molecule has 0 saturated heterocycles. The molecule has 0 aliphatic rings. The highest BCUT2D eigenvalue weighted by Crippen LogP contribution is 2.23. The second-order valence-corrected chi connectivity index (χ2v) is 5.84. The van der Waals surface area contributed by atoms with Gasteiger partial charge in [-0.25, -0.2) is 0 Å². The molecule has 0 N–H and O–H groups in total. The van der Waals surface area contributed by atoms with Crippen molar-refractivity contribution in [2.75, 3.05) is 11.4 Å². The first-order chi connectivity index (χ1) is 9.53. The molecule has 112 valence electrons. The molecule has 0 amide bonds. The molecule has 0 bridgehead atoms. The molecule has 1 aromatic rings. The normalized spacial score (nSPS) is 11.2. The van der Waals surface area contributed by atoms with Crippen molar-refractivity contribution in [1.29, 1.82) is 0 Å². The van der Waals surface area contributed by atoms with E-state index < -0.39 is 0 Å². The summed E-state index contributed by atoms with van der Waals surface area (Å²) in [6, 6.07) is 8.71. The van der Waals surface area contributed by atoms with Crippen LogP contribution in [0.1, 0.15) is 64.2 Å². The Morgan fingerprint density at radius 1 is 1.05 bits per heavy atom. The molecule has 0 radical (unpaired) electrons. The smallest absolute Gasteiger partial charge is 0.162 e. The van der Waals surface area contributed by atoms with Gasteiger partial charge in [-0.05, 0) is 43.0 Å². The summed E-state index contributed by atoms with van der Waals surface area (Å²) in [6.45, 7) is 12.0. The number of Topliss-reactive ketones (excluding diaryl/α,β-unsaturated/α-hetero) is 1. The van der Waals surface area contributed by atoms with E-state index in [-0.39, 0.29) is 5.78 Å². The molecule has 2 nitrogen and oxygen atoms in total. The molecule has 0 aromatic heterocycles. The van der Waals surface area contributed by atoms with Gasteiger partial charge in [-0.2, -0.15) is 0 Å². The molecule has 2 heteroatoms. The van der Waals surface area contributed by atoms with Gasteiger partial charge in [0, 0.05) is 30.3 Å². The lowest BCUT2D eigenvalue weighted by Crippen LogP contribution is -2.37. The topological polar surface area (TPSA) is 20.3 Å². The summed E-state index contributed by atoms with van der Waals surface area (Å²) in [7, 11) is 0. The first-order valence-corrected chi connectivity index (χ1v) is 7.93. The number of hydrogen-bond donors (Lipinski definition) is 0. The molecule has 0 spiro atoms. The van der Waals surface area contributed by atoms with Crippen molar-refractivity contribution >= 4 is 11.5 Å². The van der Waals surface area contributed by atoms with Gasteiger partial charge in [-0.15, -0.1) is 0 Å². The van der Waals surface area contributed by atoms with E-state index in [4.69, 9.17) is 0 Å². The monoisotopic (exact) mass is 275 g/mol. The predicted octanol–water partition coefficient (Wildman–Crippen LogP) is 4.93. The van der Waals surface area contributed by atoms with Crippen molar-refractivity contribution in [3.05, 3.63) is 29.8 Å². The number of ketones is 1. The van der Waals surface area contributed by atoms with Crippen molar-refractivity contribution in [2.24, 2.45) is 5.92 Å². The second-order valence-electron chi connectivity index (χ2n) is 5.84. The van der Waals surface area contributed by atoms with E-state index in [0.29, 0.717) is 18.4 Å². The summed E-state index contributed by atoms with van der Waals surface area (Å²) >= 11 is 0. The Kier molecular flexibility index (Phi) is 6.77. The lowest BCUT2D eigenvalue weighted by molar-refractivity contribution is 0.0988. The third-order valence-corrected chi connectivity index (χ3v) is 3.79. The standard InChI is InChI=1S/C18H29NO/c1-6-16(7-2)19(13-14(4)5)17-11-9-15(10-12-17)18(20)8-3/h9-12,14,16H,6-8,13H2,1-5H3. The molecule has 0 saturated carbocycles. The maximum absolute atomic E-state index is 11.7. The fourth-order valence-electron chi connectivity index (χ4n) is 2.63. The highest BCUT2D eigenvalue weighted by Gasteiger charge is 2.17. The quantitative estimate of drug-likeness (QED) is 0.627. The Morgan fingerprint density at radius 2 is 1.60 bits per heavy atom. The zero-order chi connectivity index (χ0) is 15.1. The molecule has 0 unspecified atom stereocenters. The van der Waals surface area contributed by atoms with Crippen LogP contribution in [0, 0.1) is 5.92 Å². The number of hydrogen-bond acceptors (Lipinski definition) is 2. The van der Waals surface area contributed by atoms with E-state index >= 15 is 0 Å². The first-order valence-electron chi connectivity index (χ1n) is 7.93. The number of nitrogens with zero attached hydrogens (tertiary/aromatic N) is 1. The van der Waals surface area contributed by atoms with Crippen molar-refractivity contribution in [3.63, 3.8) is 0 Å². The maximum Gasteiger partial charge on any atom is 0.162 e. The molecule has 1 rings (SSSR count). The average molecular weight is 275 g/mol. The van der Waals surface area contributed by atoms with Crippen LogP contribution < -0.4 is 4.90 Å². The van der Waals surface area contributed by atoms with Gasteiger partial charge in [0.1, 0.15) is 0 Å². The highest BCUT2D eigenvalue weighted by atomic mass is 16.1. The minimum atomic E-state index is 0.217. The highest BCUT2D eigenvalue weighted by molar-refractivity contribution is 5.96. The number of rotatable bonds is 8. The van der Waals surface area contributed by atoms with E-state index in [2.05, 4.69) is 44.7 Å².